The number of hydrogen-bond donors (Lipinski definition) is 1. The van der Waals surface area contributed by atoms with E-state index >= 15 is 0 Å². The van der Waals surface area contributed by atoms with E-state index in [4.69, 9.17) is 4.74 Å². The van der Waals surface area contributed by atoms with Gasteiger partial charge in [-0.25, -0.2) is 9.82 Å². The Bertz CT molecular complexity index is 588. The first-order chi connectivity index (χ1) is 11.2. The SMILES string of the molecule is O=C(COc1ccccc1F)N/N=C1/CC[C@@H]2CCCC[C@H]2C1. The molecule has 1 aromatic carbocycles. The fourth-order valence-electron chi connectivity index (χ4n) is 3.67. The van der Waals surface area contributed by atoms with Crippen LogP contribution in [0.4, 0.5) is 4.39 Å². The first-order valence-electron chi connectivity index (χ1n) is 8.44. The van der Waals surface area contributed by atoms with Gasteiger partial charge in [0, 0.05) is 5.71 Å². The van der Waals surface area contributed by atoms with Gasteiger partial charge in [-0.05, 0) is 49.7 Å². The summed E-state index contributed by atoms with van der Waals surface area (Å²) in [5.41, 5.74) is 3.62. The Morgan fingerprint density at radius 2 is 2.00 bits per heavy atom. The van der Waals surface area contributed by atoms with Crippen molar-refractivity contribution in [3.63, 3.8) is 0 Å². The van der Waals surface area contributed by atoms with Gasteiger partial charge in [0.1, 0.15) is 0 Å². The Hall–Kier alpha value is -1.91. The first kappa shape index (κ1) is 16.0. The molecule has 0 bridgehead atoms. The lowest BCUT2D eigenvalue weighted by atomic mass is 9.70. The van der Waals surface area contributed by atoms with E-state index in [1.807, 2.05) is 0 Å². The van der Waals surface area contributed by atoms with Gasteiger partial charge in [0.2, 0.25) is 0 Å². The number of ether oxygens (including phenoxy) is 1. The minimum absolute atomic E-state index is 0.0815. The molecule has 124 valence electrons. The number of benzene rings is 1. The van der Waals surface area contributed by atoms with Gasteiger partial charge in [-0.2, -0.15) is 5.10 Å². The van der Waals surface area contributed by atoms with Crippen molar-refractivity contribution in [1.29, 1.82) is 0 Å². The quantitative estimate of drug-likeness (QED) is 0.861. The monoisotopic (exact) mass is 318 g/mol. The lowest BCUT2D eigenvalue weighted by Crippen LogP contribution is -2.31. The van der Waals surface area contributed by atoms with Crippen molar-refractivity contribution in [3.8, 4) is 5.75 Å². The molecule has 0 aromatic heterocycles. The molecule has 0 spiro atoms. The van der Waals surface area contributed by atoms with E-state index in [1.54, 1.807) is 12.1 Å². The second-order valence-corrected chi connectivity index (χ2v) is 6.48. The molecular weight excluding hydrogens is 295 g/mol. The molecule has 1 amide bonds. The molecule has 2 aliphatic carbocycles. The maximum absolute atomic E-state index is 13.4. The van der Waals surface area contributed by atoms with E-state index in [-0.39, 0.29) is 18.3 Å². The maximum atomic E-state index is 13.4. The molecule has 2 saturated carbocycles. The van der Waals surface area contributed by atoms with Crippen LogP contribution in [0.15, 0.2) is 29.4 Å². The first-order valence-corrected chi connectivity index (χ1v) is 8.44. The summed E-state index contributed by atoms with van der Waals surface area (Å²) in [5, 5.41) is 4.25. The molecule has 4 nitrogen and oxygen atoms in total. The third kappa shape index (κ3) is 4.30. The highest BCUT2D eigenvalue weighted by Crippen LogP contribution is 2.39. The molecule has 2 fully saturated rings. The van der Waals surface area contributed by atoms with E-state index in [2.05, 4.69) is 10.5 Å². The number of hydrogen-bond acceptors (Lipinski definition) is 3. The van der Waals surface area contributed by atoms with E-state index in [1.165, 1.54) is 44.2 Å². The zero-order valence-electron chi connectivity index (χ0n) is 13.3. The van der Waals surface area contributed by atoms with Gasteiger partial charge < -0.3 is 4.74 Å². The number of carbonyl (C=O) groups is 1. The predicted molar refractivity (Wildman–Crippen MR) is 86.8 cm³/mol. The van der Waals surface area contributed by atoms with Gasteiger partial charge in [0.25, 0.3) is 5.91 Å². The molecule has 3 rings (SSSR count). The minimum Gasteiger partial charge on any atom is -0.481 e. The number of halogens is 1. The van der Waals surface area contributed by atoms with Crippen LogP contribution in [0, 0.1) is 17.7 Å². The second kappa shape index (κ2) is 7.57. The molecule has 0 heterocycles. The Morgan fingerprint density at radius 3 is 2.83 bits per heavy atom. The van der Waals surface area contributed by atoms with Crippen LogP contribution in [0.1, 0.15) is 44.9 Å². The molecule has 2 aliphatic rings. The summed E-state index contributed by atoms with van der Waals surface area (Å²) in [5.74, 6) is 0.845. The molecule has 1 N–H and O–H groups in total. The maximum Gasteiger partial charge on any atom is 0.277 e. The lowest BCUT2D eigenvalue weighted by molar-refractivity contribution is -0.123. The topological polar surface area (TPSA) is 50.7 Å². The number of para-hydroxylation sites is 1. The van der Waals surface area contributed by atoms with Crippen molar-refractivity contribution in [2.45, 2.75) is 44.9 Å². The van der Waals surface area contributed by atoms with Gasteiger partial charge in [0.05, 0.1) is 0 Å². The number of fused-ring (bicyclic) bond motifs is 1. The van der Waals surface area contributed by atoms with E-state index in [0.29, 0.717) is 0 Å². The highest BCUT2D eigenvalue weighted by atomic mass is 19.1. The van der Waals surface area contributed by atoms with Crippen LogP contribution in [0.3, 0.4) is 0 Å². The molecule has 0 aliphatic heterocycles. The molecule has 0 radical (unpaired) electrons. The summed E-state index contributed by atoms with van der Waals surface area (Å²) in [6, 6.07) is 6.05. The third-order valence-electron chi connectivity index (χ3n) is 4.90. The fraction of sp³-hybridized carbons (Fsp3) is 0.556. The van der Waals surface area contributed by atoms with Gasteiger partial charge in [-0.1, -0.05) is 31.4 Å². The van der Waals surface area contributed by atoms with Crippen LogP contribution in [-0.4, -0.2) is 18.2 Å². The number of carbonyl (C=O) groups excluding carboxylic acids is 1. The molecule has 5 heteroatoms. The molecular formula is C18H23FN2O2. The fourth-order valence-corrected chi connectivity index (χ4v) is 3.67. The van der Waals surface area contributed by atoms with Crippen LogP contribution in [0.2, 0.25) is 0 Å². The summed E-state index contributed by atoms with van der Waals surface area (Å²) in [4.78, 5) is 11.8. The third-order valence-corrected chi connectivity index (χ3v) is 4.90. The van der Waals surface area contributed by atoms with Gasteiger partial charge in [-0.15, -0.1) is 0 Å². The standard InChI is InChI=1S/C18H23FN2O2/c19-16-7-3-4-8-17(16)23-12-18(22)21-20-15-10-9-13-5-1-2-6-14(13)11-15/h3-4,7-8,13-14H,1-2,5-6,9-12H2,(H,21,22)/b20-15-/t13-,14-/m0/s1. The van der Waals surface area contributed by atoms with Crippen molar-refractivity contribution in [1.82, 2.24) is 5.43 Å². The molecule has 0 unspecified atom stereocenters. The van der Waals surface area contributed by atoms with Gasteiger partial charge in [-0.3, -0.25) is 4.79 Å². The summed E-state index contributed by atoms with van der Waals surface area (Å²) in [6.45, 7) is -0.232. The Kier molecular flexibility index (Phi) is 5.26. The van der Waals surface area contributed by atoms with Crippen molar-refractivity contribution in [3.05, 3.63) is 30.1 Å². The highest BCUT2D eigenvalue weighted by molar-refractivity contribution is 5.87. The van der Waals surface area contributed by atoms with Crippen LogP contribution in [0.25, 0.3) is 0 Å². The van der Waals surface area contributed by atoms with Crippen molar-refractivity contribution >= 4 is 11.6 Å². The van der Waals surface area contributed by atoms with Crippen molar-refractivity contribution < 1.29 is 13.9 Å². The van der Waals surface area contributed by atoms with Crippen molar-refractivity contribution in [2.24, 2.45) is 16.9 Å². The minimum atomic E-state index is -0.470. The van der Waals surface area contributed by atoms with Crippen molar-refractivity contribution in [2.75, 3.05) is 6.61 Å². The normalized spacial score (nSPS) is 25.7. The zero-order valence-corrected chi connectivity index (χ0v) is 13.3. The number of amides is 1. The summed E-state index contributed by atoms with van der Waals surface area (Å²) in [6.07, 6.45) is 8.46. The molecule has 1 aromatic rings. The second-order valence-electron chi connectivity index (χ2n) is 6.48. The number of hydrazone groups is 1. The van der Waals surface area contributed by atoms with Crippen LogP contribution >= 0.6 is 0 Å². The van der Waals surface area contributed by atoms with E-state index in [9.17, 15) is 9.18 Å². The average molecular weight is 318 g/mol. The Labute approximate surface area is 136 Å². The molecule has 23 heavy (non-hydrogen) atoms. The number of nitrogens with zero attached hydrogens (tertiary/aromatic N) is 1. The van der Waals surface area contributed by atoms with E-state index in [0.717, 1.165) is 30.4 Å². The number of nitrogens with one attached hydrogen (secondary N) is 1. The lowest BCUT2D eigenvalue weighted by Gasteiger charge is -2.35. The average Bonchev–Trinajstić information content (AvgIpc) is 2.59. The molecule has 0 saturated heterocycles. The van der Waals surface area contributed by atoms with Crippen LogP contribution in [-0.2, 0) is 4.79 Å². The summed E-state index contributed by atoms with van der Waals surface area (Å²) in [7, 11) is 0. The Morgan fingerprint density at radius 1 is 1.22 bits per heavy atom. The molecule has 2 atom stereocenters. The van der Waals surface area contributed by atoms with Crippen LogP contribution < -0.4 is 10.2 Å². The van der Waals surface area contributed by atoms with Gasteiger partial charge in [0.15, 0.2) is 18.2 Å². The zero-order chi connectivity index (χ0) is 16.1. The summed E-state index contributed by atoms with van der Waals surface area (Å²) < 4.78 is 18.6. The van der Waals surface area contributed by atoms with Gasteiger partial charge >= 0.3 is 0 Å². The Balaban J connectivity index is 1.46. The number of rotatable bonds is 4. The van der Waals surface area contributed by atoms with E-state index < -0.39 is 5.82 Å². The smallest absolute Gasteiger partial charge is 0.277 e. The largest absolute Gasteiger partial charge is 0.481 e. The predicted octanol–water partition coefficient (Wildman–Crippen LogP) is 3.67. The highest BCUT2D eigenvalue weighted by Gasteiger charge is 2.30. The summed E-state index contributed by atoms with van der Waals surface area (Å²) >= 11 is 0. The van der Waals surface area contributed by atoms with Crippen LogP contribution in [0.5, 0.6) is 5.75 Å².